The van der Waals surface area contributed by atoms with Crippen molar-refractivity contribution in [2.75, 3.05) is 0 Å². The minimum Gasteiger partial charge on any atom is -0.294 e. The van der Waals surface area contributed by atoms with Crippen molar-refractivity contribution in [3.05, 3.63) is 60.2 Å². The molecule has 0 heterocycles. The van der Waals surface area contributed by atoms with Gasteiger partial charge in [-0.15, -0.1) is 13.2 Å². The Balaban J connectivity index is 0.000000829. The first-order valence-electron chi connectivity index (χ1n) is 7.43. The van der Waals surface area contributed by atoms with Gasteiger partial charge in [0.1, 0.15) is 0 Å². The summed E-state index contributed by atoms with van der Waals surface area (Å²) in [6.45, 7) is 14.2. The highest BCUT2D eigenvalue weighted by atomic mass is 16.1. The number of carbonyl (C=O) groups is 1. The van der Waals surface area contributed by atoms with E-state index in [1.54, 1.807) is 0 Å². The first-order valence-corrected chi connectivity index (χ1v) is 7.43. The van der Waals surface area contributed by atoms with E-state index < -0.39 is 0 Å². The normalized spacial score (nSPS) is 16.8. The number of benzene rings is 1. The Kier molecular flexibility index (Phi) is 9.36. The van der Waals surface area contributed by atoms with Crippen LogP contribution in [0.4, 0.5) is 0 Å². The molecule has 1 aliphatic rings. The first-order chi connectivity index (χ1) is 9.66. The zero-order chi connectivity index (χ0) is 15.5. The molecule has 0 amide bonds. The predicted molar refractivity (Wildman–Crippen MR) is 89.2 cm³/mol. The summed E-state index contributed by atoms with van der Waals surface area (Å²) < 4.78 is 0. The second-order valence-electron chi connectivity index (χ2n) is 4.76. The fourth-order valence-electron chi connectivity index (χ4n) is 2.28. The molecule has 0 saturated heterocycles. The highest BCUT2D eigenvalue weighted by Crippen LogP contribution is 2.26. The van der Waals surface area contributed by atoms with Crippen LogP contribution in [0.15, 0.2) is 49.1 Å². The van der Waals surface area contributed by atoms with Crippen molar-refractivity contribution in [3.63, 3.8) is 0 Å². The maximum atomic E-state index is 12.2. The monoisotopic (exact) mass is 272 g/mol. The molecule has 1 aliphatic carbocycles. The van der Waals surface area contributed by atoms with Crippen molar-refractivity contribution in [1.82, 2.24) is 0 Å². The van der Waals surface area contributed by atoms with Gasteiger partial charge in [0.15, 0.2) is 5.78 Å². The van der Waals surface area contributed by atoms with Crippen LogP contribution < -0.4 is 0 Å². The molecule has 0 spiro atoms. The van der Waals surface area contributed by atoms with Crippen molar-refractivity contribution < 1.29 is 4.79 Å². The lowest BCUT2D eigenvalue weighted by Gasteiger charge is -2.19. The highest BCUT2D eigenvalue weighted by molar-refractivity contribution is 5.98. The Bertz CT molecular complexity index is 426. The van der Waals surface area contributed by atoms with E-state index in [2.05, 4.69) is 26.2 Å². The summed E-state index contributed by atoms with van der Waals surface area (Å²) in [5, 5.41) is 0. The van der Waals surface area contributed by atoms with Gasteiger partial charge >= 0.3 is 0 Å². The number of hydrogen-bond donors (Lipinski definition) is 0. The molecule has 1 aromatic carbocycles. The summed E-state index contributed by atoms with van der Waals surface area (Å²) in [6.07, 6.45) is 5.24. The van der Waals surface area contributed by atoms with E-state index in [0.717, 1.165) is 24.8 Å². The molecule has 0 saturated carbocycles. The van der Waals surface area contributed by atoms with Gasteiger partial charge in [0.25, 0.3) is 0 Å². The number of ketones is 1. The second-order valence-corrected chi connectivity index (χ2v) is 4.76. The summed E-state index contributed by atoms with van der Waals surface area (Å²) in [4.78, 5) is 12.2. The van der Waals surface area contributed by atoms with Crippen molar-refractivity contribution in [2.45, 2.75) is 47.0 Å². The fraction of sp³-hybridized carbons (Fsp3) is 0.421. The minimum atomic E-state index is 0.202. The predicted octanol–water partition coefficient (Wildman–Crippen LogP) is 5.75. The molecular weight excluding hydrogens is 244 g/mol. The molecule has 0 aromatic heterocycles. The van der Waals surface area contributed by atoms with Crippen molar-refractivity contribution in [2.24, 2.45) is 5.92 Å². The highest BCUT2D eigenvalue weighted by Gasteiger charge is 2.21. The number of aryl methyl sites for hydroxylation is 1. The van der Waals surface area contributed by atoms with E-state index >= 15 is 0 Å². The quantitative estimate of drug-likeness (QED) is 0.494. The number of allylic oxidation sites excluding steroid dienone is 2. The molecule has 0 bridgehead atoms. The molecule has 0 aliphatic heterocycles. The second kappa shape index (κ2) is 10.2. The van der Waals surface area contributed by atoms with Crippen LogP contribution in [0.25, 0.3) is 0 Å². The molecule has 110 valence electrons. The summed E-state index contributed by atoms with van der Waals surface area (Å²) in [5.41, 5.74) is 3.43. The molecule has 20 heavy (non-hydrogen) atoms. The van der Waals surface area contributed by atoms with E-state index in [4.69, 9.17) is 0 Å². The van der Waals surface area contributed by atoms with E-state index in [-0.39, 0.29) is 5.92 Å². The van der Waals surface area contributed by atoms with Crippen LogP contribution >= 0.6 is 0 Å². The maximum Gasteiger partial charge on any atom is 0.166 e. The lowest BCUT2D eigenvalue weighted by molar-refractivity contribution is 0.0910. The van der Waals surface area contributed by atoms with E-state index in [0.29, 0.717) is 5.78 Å². The van der Waals surface area contributed by atoms with Gasteiger partial charge in [-0.1, -0.05) is 55.3 Å². The van der Waals surface area contributed by atoms with E-state index in [1.807, 2.05) is 45.0 Å². The zero-order valence-corrected chi connectivity index (χ0v) is 13.4. The Morgan fingerprint density at radius 3 is 2.15 bits per heavy atom. The summed E-state index contributed by atoms with van der Waals surface area (Å²) in [5.74, 6) is 0.514. The van der Waals surface area contributed by atoms with Crippen molar-refractivity contribution >= 4 is 5.78 Å². The van der Waals surface area contributed by atoms with Crippen LogP contribution in [0, 0.1) is 12.8 Å². The molecular formula is C19H28O. The zero-order valence-electron chi connectivity index (χ0n) is 13.4. The van der Waals surface area contributed by atoms with Crippen LogP contribution in [0.1, 0.15) is 56.0 Å². The summed E-state index contributed by atoms with van der Waals surface area (Å²) in [7, 11) is 0. The van der Waals surface area contributed by atoms with Crippen molar-refractivity contribution in [1.29, 1.82) is 0 Å². The molecule has 0 N–H and O–H groups in total. The van der Waals surface area contributed by atoms with Gasteiger partial charge in [0.05, 0.1) is 0 Å². The minimum absolute atomic E-state index is 0.202. The number of rotatable bonds is 2. The Labute approximate surface area is 124 Å². The van der Waals surface area contributed by atoms with Gasteiger partial charge in [0.2, 0.25) is 0 Å². The van der Waals surface area contributed by atoms with Gasteiger partial charge < -0.3 is 0 Å². The Hall–Kier alpha value is -1.63. The largest absolute Gasteiger partial charge is 0.294 e. The van der Waals surface area contributed by atoms with Gasteiger partial charge in [-0.3, -0.25) is 4.79 Å². The third-order valence-electron chi connectivity index (χ3n) is 3.28. The van der Waals surface area contributed by atoms with Crippen LogP contribution in [0.5, 0.6) is 0 Å². The van der Waals surface area contributed by atoms with Gasteiger partial charge in [0, 0.05) is 11.5 Å². The topological polar surface area (TPSA) is 17.1 Å². The van der Waals surface area contributed by atoms with Crippen LogP contribution in [-0.4, -0.2) is 5.78 Å². The van der Waals surface area contributed by atoms with Gasteiger partial charge in [-0.2, -0.15) is 0 Å². The van der Waals surface area contributed by atoms with E-state index in [9.17, 15) is 4.79 Å². The van der Waals surface area contributed by atoms with Gasteiger partial charge in [-0.25, -0.2) is 0 Å². The number of carbonyl (C=O) groups excluding carboxylic acids is 1. The third kappa shape index (κ3) is 5.56. The molecule has 0 fully saturated rings. The first kappa shape index (κ1) is 18.4. The third-order valence-corrected chi connectivity index (χ3v) is 3.28. The average Bonchev–Trinajstić information content (AvgIpc) is 2.51. The Morgan fingerprint density at radius 2 is 1.65 bits per heavy atom. The molecule has 1 unspecified atom stereocenters. The summed E-state index contributed by atoms with van der Waals surface area (Å²) in [6, 6.07) is 7.92. The summed E-state index contributed by atoms with van der Waals surface area (Å²) >= 11 is 0. The van der Waals surface area contributed by atoms with Crippen LogP contribution in [0.3, 0.4) is 0 Å². The van der Waals surface area contributed by atoms with Crippen LogP contribution in [0.2, 0.25) is 0 Å². The van der Waals surface area contributed by atoms with Crippen molar-refractivity contribution in [3.8, 4) is 0 Å². The molecule has 1 heteroatoms. The molecule has 0 radical (unpaired) electrons. The fourth-order valence-corrected chi connectivity index (χ4v) is 2.28. The molecule has 1 aromatic rings. The molecule has 1 nitrogen and oxygen atoms in total. The number of hydrogen-bond acceptors (Lipinski definition) is 1. The molecule has 1 atom stereocenters. The SMILES string of the molecule is C=C.CC.CC1=CCCC(C(=O)c2ccc(C)cc2)C1. The van der Waals surface area contributed by atoms with E-state index in [1.165, 1.54) is 11.1 Å². The standard InChI is InChI=1S/C15H18O.C2H6.C2H4/c1-11-6-8-13(9-7-11)15(16)14-5-3-4-12(2)10-14;2*1-2/h4,6-9,14H,3,5,10H2,1-2H3;1-2H3;1-2H2. The lowest BCUT2D eigenvalue weighted by atomic mass is 9.84. The Morgan fingerprint density at radius 1 is 1.10 bits per heavy atom. The molecule has 2 rings (SSSR count). The average molecular weight is 272 g/mol. The maximum absolute atomic E-state index is 12.2. The smallest absolute Gasteiger partial charge is 0.166 e. The number of Topliss-reactive ketones (excluding diaryl/α,β-unsaturated/α-hetero) is 1. The van der Waals surface area contributed by atoms with Gasteiger partial charge in [-0.05, 0) is 33.1 Å². The van der Waals surface area contributed by atoms with Crippen LogP contribution in [-0.2, 0) is 0 Å². The lowest BCUT2D eigenvalue weighted by Crippen LogP contribution is -2.17.